The molecule has 0 amide bonds. The number of halogens is 1. The molecule has 0 aromatic heterocycles. The number of benzene rings is 1. The normalized spacial score (nSPS) is 17.9. The maximum Gasteiger partial charge on any atom is 0.132 e. The predicted octanol–water partition coefficient (Wildman–Crippen LogP) is 3.41. The molecular formula is C12H8FN. The molecule has 1 aliphatic carbocycles. The van der Waals surface area contributed by atoms with Crippen LogP contribution in [0.5, 0.6) is 0 Å². The van der Waals surface area contributed by atoms with Crippen molar-refractivity contribution in [2.45, 2.75) is 6.42 Å². The lowest BCUT2D eigenvalue weighted by Gasteiger charge is -2.07. The second-order valence-corrected chi connectivity index (χ2v) is 3.41. The van der Waals surface area contributed by atoms with Gasteiger partial charge in [-0.15, -0.1) is 0 Å². The monoisotopic (exact) mass is 185 g/mol. The molecule has 1 aliphatic heterocycles. The van der Waals surface area contributed by atoms with Crippen LogP contribution >= 0.6 is 0 Å². The molecule has 0 fully saturated rings. The summed E-state index contributed by atoms with van der Waals surface area (Å²) in [6.45, 7) is 0. The lowest BCUT2D eigenvalue weighted by molar-refractivity contribution is 0.670. The van der Waals surface area contributed by atoms with Crippen LogP contribution in [-0.2, 0) is 0 Å². The Labute approximate surface area is 81.3 Å². The quantitative estimate of drug-likeness (QED) is 0.587. The molecule has 14 heavy (non-hydrogen) atoms. The first-order valence-corrected chi connectivity index (χ1v) is 4.60. The SMILES string of the molecule is FC1=C2C(=Nc3ccccc32)CC=C1. The summed E-state index contributed by atoms with van der Waals surface area (Å²) in [5, 5.41) is 0. The zero-order valence-electron chi connectivity index (χ0n) is 7.50. The zero-order chi connectivity index (χ0) is 9.54. The Hall–Kier alpha value is -1.70. The second kappa shape index (κ2) is 2.64. The van der Waals surface area contributed by atoms with E-state index in [0.29, 0.717) is 5.57 Å². The van der Waals surface area contributed by atoms with E-state index in [1.165, 1.54) is 6.08 Å². The van der Waals surface area contributed by atoms with E-state index in [1.807, 2.05) is 30.3 Å². The average molecular weight is 185 g/mol. The number of nitrogens with zero attached hydrogens (tertiary/aromatic N) is 1. The van der Waals surface area contributed by atoms with Gasteiger partial charge in [0.25, 0.3) is 0 Å². The van der Waals surface area contributed by atoms with E-state index < -0.39 is 0 Å². The number of allylic oxidation sites excluding steroid dienone is 4. The highest BCUT2D eigenvalue weighted by Gasteiger charge is 2.24. The number of fused-ring (bicyclic) bond motifs is 3. The van der Waals surface area contributed by atoms with Gasteiger partial charge in [0.2, 0.25) is 0 Å². The van der Waals surface area contributed by atoms with Gasteiger partial charge in [-0.1, -0.05) is 24.3 Å². The maximum absolute atomic E-state index is 13.5. The molecule has 0 radical (unpaired) electrons. The molecule has 1 aromatic rings. The zero-order valence-corrected chi connectivity index (χ0v) is 7.50. The Balaban J connectivity index is 2.31. The first kappa shape index (κ1) is 7.68. The van der Waals surface area contributed by atoms with E-state index in [1.54, 1.807) is 0 Å². The third-order valence-corrected chi connectivity index (χ3v) is 2.53. The minimum Gasteiger partial charge on any atom is -0.252 e. The molecule has 1 heterocycles. The minimum atomic E-state index is -0.167. The van der Waals surface area contributed by atoms with Gasteiger partial charge in [0.05, 0.1) is 11.4 Å². The van der Waals surface area contributed by atoms with Gasteiger partial charge >= 0.3 is 0 Å². The molecule has 1 aromatic carbocycles. The molecule has 0 unspecified atom stereocenters. The lowest BCUT2D eigenvalue weighted by atomic mass is 9.97. The largest absolute Gasteiger partial charge is 0.252 e. The molecule has 0 saturated heterocycles. The summed E-state index contributed by atoms with van der Waals surface area (Å²) in [5.41, 5.74) is 3.34. The molecule has 2 heteroatoms. The number of hydrogen-bond donors (Lipinski definition) is 0. The number of para-hydroxylation sites is 1. The predicted molar refractivity (Wildman–Crippen MR) is 55.3 cm³/mol. The average Bonchev–Trinajstić information content (AvgIpc) is 2.57. The van der Waals surface area contributed by atoms with Crippen molar-refractivity contribution in [2.75, 3.05) is 0 Å². The van der Waals surface area contributed by atoms with Gasteiger partial charge < -0.3 is 0 Å². The van der Waals surface area contributed by atoms with E-state index in [4.69, 9.17) is 0 Å². The molecule has 0 spiro atoms. The number of aliphatic imine (C=N–C) groups is 1. The van der Waals surface area contributed by atoms with Gasteiger partial charge in [-0.2, -0.15) is 0 Å². The fourth-order valence-corrected chi connectivity index (χ4v) is 1.91. The van der Waals surface area contributed by atoms with Gasteiger partial charge in [-0.05, 0) is 12.1 Å². The van der Waals surface area contributed by atoms with Crippen LogP contribution in [0.25, 0.3) is 5.57 Å². The van der Waals surface area contributed by atoms with Crippen molar-refractivity contribution in [3.63, 3.8) is 0 Å². The Morgan fingerprint density at radius 2 is 2.07 bits per heavy atom. The van der Waals surface area contributed by atoms with Crippen LogP contribution in [-0.4, -0.2) is 5.71 Å². The Bertz CT molecular complexity index is 495. The van der Waals surface area contributed by atoms with Crippen LogP contribution in [0.4, 0.5) is 10.1 Å². The lowest BCUT2D eigenvalue weighted by Crippen LogP contribution is -2.00. The summed E-state index contributed by atoms with van der Waals surface area (Å²) in [6, 6.07) is 7.67. The van der Waals surface area contributed by atoms with Crippen LogP contribution in [0.1, 0.15) is 12.0 Å². The topological polar surface area (TPSA) is 12.4 Å². The molecule has 3 rings (SSSR count). The summed E-state index contributed by atoms with van der Waals surface area (Å²) in [5.74, 6) is -0.167. The smallest absolute Gasteiger partial charge is 0.132 e. The summed E-state index contributed by atoms with van der Waals surface area (Å²) >= 11 is 0. The van der Waals surface area contributed by atoms with Crippen LogP contribution < -0.4 is 0 Å². The van der Waals surface area contributed by atoms with Gasteiger partial charge in [0, 0.05) is 17.6 Å². The first-order chi connectivity index (χ1) is 6.86. The Morgan fingerprint density at radius 1 is 1.21 bits per heavy atom. The van der Waals surface area contributed by atoms with Gasteiger partial charge in [-0.3, -0.25) is 4.99 Å². The summed E-state index contributed by atoms with van der Waals surface area (Å²) in [7, 11) is 0. The van der Waals surface area contributed by atoms with E-state index in [9.17, 15) is 4.39 Å². The van der Waals surface area contributed by atoms with Crippen molar-refractivity contribution in [3.05, 3.63) is 47.8 Å². The van der Waals surface area contributed by atoms with Crippen LogP contribution in [0.3, 0.4) is 0 Å². The Kier molecular flexibility index (Phi) is 1.45. The molecular weight excluding hydrogens is 177 g/mol. The standard InChI is InChI=1S/C12H8FN/c13-9-5-3-7-11-12(9)8-4-1-2-6-10(8)14-11/h1-6H,7H2. The highest BCUT2D eigenvalue weighted by Crippen LogP contribution is 2.39. The summed E-state index contributed by atoms with van der Waals surface area (Å²) in [4.78, 5) is 4.39. The molecule has 1 nitrogen and oxygen atoms in total. The third-order valence-electron chi connectivity index (χ3n) is 2.53. The highest BCUT2D eigenvalue weighted by molar-refractivity contribution is 6.30. The first-order valence-electron chi connectivity index (χ1n) is 4.60. The van der Waals surface area contributed by atoms with Crippen molar-refractivity contribution < 1.29 is 4.39 Å². The van der Waals surface area contributed by atoms with E-state index in [-0.39, 0.29) is 5.83 Å². The molecule has 0 saturated carbocycles. The van der Waals surface area contributed by atoms with Crippen molar-refractivity contribution in [3.8, 4) is 0 Å². The van der Waals surface area contributed by atoms with Gasteiger partial charge in [0.1, 0.15) is 5.83 Å². The Morgan fingerprint density at radius 3 is 3.00 bits per heavy atom. The van der Waals surface area contributed by atoms with Gasteiger partial charge in [0.15, 0.2) is 0 Å². The second-order valence-electron chi connectivity index (χ2n) is 3.41. The fourth-order valence-electron chi connectivity index (χ4n) is 1.91. The molecule has 0 atom stereocenters. The van der Waals surface area contributed by atoms with E-state index in [2.05, 4.69) is 4.99 Å². The maximum atomic E-state index is 13.5. The fraction of sp³-hybridized carbons (Fsp3) is 0.0833. The number of hydrogen-bond acceptors (Lipinski definition) is 1. The number of rotatable bonds is 0. The van der Waals surface area contributed by atoms with Crippen molar-refractivity contribution in [1.82, 2.24) is 0 Å². The van der Waals surface area contributed by atoms with Crippen LogP contribution in [0.2, 0.25) is 0 Å². The summed E-state index contributed by atoms with van der Waals surface area (Å²) in [6.07, 6.45) is 4.07. The van der Waals surface area contributed by atoms with Crippen LogP contribution in [0, 0.1) is 0 Å². The van der Waals surface area contributed by atoms with Crippen molar-refractivity contribution >= 4 is 17.0 Å². The summed E-state index contributed by atoms with van der Waals surface area (Å²) < 4.78 is 13.5. The highest BCUT2D eigenvalue weighted by atomic mass is 19.1. The molecule has 68 valence electrons. The van der Waals surface area contributed by atoms with Crippen molar-refractivity contribution in [2.24, 2.45) is 4.99 Å². The van der Waals surface area contributed by atoms with Crippen LogP contribution in [0.15, 0.2) is 47.2 Å². The van der Waals surface area contributed by atoms with Gasteiger partial charge in [-0.25, -0.2) is 4.39 Å². The minimum absolute atomic E-state index is 0.167. The van der Waals surface area contributed by atoms with E-state index >= 15 is 0 Å². The molecule has 0 bridgehead atoms. The third kappa shape index (κ3) is 0.909. The molecule has 2 aliphatic rings. The van der Waals surface area contributed by atoms with E-state index in [0.717, 1.165) is 23.4 Å². The molecule has 0 N–H and O–H groups in total. The van der Waals surface area contributed by atoms with Crippen molar-refractivity contribution in [1.29, 1.82) is 0 Å².